The van der Waals surface area contributed by atoms with Crippen LogP contribution in [0.4, 0.5) is 0 Å². The summed E-state index contributed by atoms with van der Waals surface area (Å²) >= 11 is 0. The lowest BCUT2D eigenvalue weighted by atomic mass is 9.88. The molecule has 1 aliphatic rings. The van der Waals surface area contributed by atoms with Crippen LogP contribution in [0.1, 0.15) is 44.2 Å². The second-order valence-corrected chi connectivity index (χ2v) is 7.18. The van der Waals surface area contributed by atoms with Crippen LogP contribution >= 0.6 is 0 Å². The Bertz CT molecular complexity index is 789. The van der Waals surface area contributed by atoms with Crippen LogP contribution in [0, 0.1) is 0 Å². The molecule has 0 aromatic heterocycles. The van der Waals surface area contributed by atoms with Crippen molar-refractivity contribution in [3.8, 4) is 11.5 Å². The number of rotatable bonds is 10. The number of esters is 1. The van der Waals surface area contributed by atoms with Gasteiger partial charge < -0.3 is 18.9 Å². The lowest BCUT2D eigenvalue weighted by Gasteiger charge is -2.35. The van der Waals surface area contributed by atoms with E-state index in [4.69, 9.17) is 18.9 Å². The molecule has 0 N–H and O–H groups in total. The number of hydrogen-bond donors (Lipinski definition) is 0. The average molecular weight is 398 g/mol. The van der Waals surface area contributed by atoms with Crippen molar-refractivity contribution < 1.29 is 23.7 Å². The van der Waals surface area contributed by atoms with Crippen molar-refractivity contribution >= 4 is 5.97 Å². The normalized spacial score (nSPS) is 17.9. The second kappa shape index (κ2) is 10.3. The Balaban J connectivity index is 1.49. The van der Waals surface area contributed by atoms with E-state index in [1.165, 1.54) is 5.56 Å². The molecule has 29 heavy (non-hydrogen) atoms. The van der Waals surface area contributed by atoms with Gasteiger partial charge in [-0.2, -0.15) is 0 Å². The highest BCUT2D eigenvalue weighted by atomic mass is 16.6. The first kappa shape index (κ1) is 21.2. The van der Waals surface area contributed by atoms with Gasteiger partial charge in [0.1, 0.15) is 11.5 Å². The Labute approximate surface area is 172 Å². The van der Waals surface area contributed by atoms with Crippen LogP contribution in [0.15, 0.2) is 48.5 Å². The highest BCUT2D eigenvalue weighted by Gasteiger charge is 2.43. The standard InChI is InChI=1S/C24H30O5/c1-3-24(23(25)27-4-2)14-13-20-11-12-21(17-22(20)29-24)28-16-8-15-26-18-19-9-6-5-7-10-19/h5-7,9-12,17H,3-4,8,13-16,18H2,1-2H3. The molecule has 0 bridgehead atoms. The van der Waals surface area contributed by atoms with Crippen molar-refractivity contribution in [1.82, 2.24) is 0 Å². The summed E-state index contributed by atoms with van der Waals surface area (Å²) in [6.45, 7) is 5.93. The minimum atomic E-state index is -0.896. The van der Waals surface area contributed by atoms with Gasteiger partial charge in [0.25, 0.3) is 0 Å². The molecule has 1 heterocycles. The number of benzene rings is 2. The third kappa shape index (κ3) is 5.51. The van der Waals surface area contributed by atoms with Crippen LogP contribution in [0.2, 0.25) is 0 Å². The van der Waals surface area contributed by atoms with Crippen LogP contribution in [0.25, 0.3) is 0 Å². The first-order valence-corrected chi connectivity index (χ1v) is 10.4. The minimum absolute atomic E-state index is 0.282. The first-order valence-electron chi connectivity index (χ1n) is 10.4. The maximum Gasteiger partial charge on any atom is 0.350 e. The summed E-state index contributed by atoms with van der Waals surface area (Å²) < 4.78 is 22.9. The Kier molecular flexibility index (Phi) is 7.53. The summed E-state index contributed by atoms with van der Waals surface area (Å²) in [5, 5.41) is 0. The molecule has 3 rings (SSSR count). The van der Waals surface area contributed by atoms with Gasteiger partial charge in [-0.25, -0.2) is 4.79 Å². The molecule has 1 atom stereocenters. The summed E-state index contributed by atoms with van der Waals surface area (Å²) in [5.41, 5.74) is 1.37. The van der Waals surface area contributed by atoms with Gasteiger partial charge >= 0.3 is 5.97 Å². The minimum Gasteiger partial charge on any atom is -0.493 e. The van der Waals surface area contributed by atoms with Crippen molar-refractivity contribution in [2.45, 2.75) is 51.7 Å². The largest absolute Gasteiger partial charge is 0.493 e. The number of fused-ring (bicyclic) bond motifs is 1. The van der Waals surface area contributed by atoms with Crippen molar-refractivity contribution in [2.24, 2.45) is 0 Å². The predicted octanol–water partition coefficient (Wildman–Crippen LogP) is 4.71. The smallest absolute Gasteiger partial charge is 0.350 e. The van der Waals surface area contributed by atoms with Crippen molar-refractivity contribution in [3.63, 3.8) is 0 Å². The summed E-state index contributed by atoms with van der Waals surface area (Å²) in [4.78, 5) is 12.4. The molecule has 0 amide bonds. The number of hydrogen-bond acceptors (Lipinski definition) is 5. The fraction of sp³-hybridized carbons (Fsp3) is 0.458. The molecule has 1 unspecified atom stereocenters. The molecule has 5 nitrogen and oxygen atoms in total. The topological polar surface area (TPSA) is 54.0 Å². The highest BCUT2D eigenvalue weighted by molar-refractivity contribution is 5.80. The maximum atomic E-state index is 12.4. The number of carbonyl (C=O) groups is 1. The number of aryl methyl sites for hydroxylation is 1. The van der Waals surface area contributed by atoms with Gasteiger partial charge in [-0.05, 0) is 37.0 Å². The molecule has 2 aromatic rings. The van der Waals surface area contributed by atoms with E-state index in [9.17, 15) is 4.79 Å². The lowest BCUT2D eigenvalue weighted by molar-refractivity contribution is -0.163. The van der Waals surface area contributed by atoms with Crippen molar-refractivity contribution in [2.75, 3.05) is 19.8 Å². The van der Waals surface area contributed by atoms with Crippen LogP contribution in [-0.2, 0) is 27.3 Å². The van der Waals surface area contributed by atoms with Gasteiger partial charge in [0.05, 0.1) is 26.4 Å². The van der Waals surface area contributed by atoms with Crippen LogP contribution in [-0.4, -0.2) is 31.4 Å². The first-order chi connectivity index (χ1) is 14.2. The molecule has 5 heteroatoms. The Morgan fingerprint density at radius 2 is 1.93 bits per heavy atom. The van der Waals surface area contributed by atoms with E-state index >= 15 is 0 Å². The lowest BCUT2D eigenvalue weighted by Crippen LogP contribution is -2.47. The van der Waals surface area contributed by atoms with Gasteiger partial charge in [0, 0.05) is 18.9 Å². The molecule has 0 saturated heterocycles. The molecular weight excluding hydrogens is 368 g/mol. The van der Waals surface area contributed by atoms with E-state index in [1.807, 2.05) is 50.2 Å². The molecule has 0 spiro atoms. The Morgan fingerprint density at radius 3 is 2.69 bits per heavy atom. The molecular formula is C24H30O5. The molecule has 0 aliphatic carbocycles. The SMILES string of the molecule is CCOC(=O)C1(CC)CCc2ccc(OCCCOCc3ccccc3)cc2O1. The van der Waals surface area contributed by atoms with Crippen molar-refractivity contribution in [3.05, 3.63) is 59.7 Å². The van der Waals surface area contributed by atoms with Crippen molar-refractivity contribution in [1.29, 1.82) is 0 Å². The van der Waals surface area contributed by atoms with Gasteiger partial charge in [-0.3, -0.25) is 0 Å². The Hall–Kier alpha value is -2.53. The average Bonchev–Trinajstić information content (AvgIpc) is 2.76. The van der Waals surface area contributed by atoms with E-state index in [0.29, 0.717) is 45.0 Å². The van der Waals surface area contributed by atoms with Gasteiger partial charge in [0.2, 0.25) is 5.60 Å². The monoisotopic (exact) mass is 398 g/mol. The molecule has 156 valence electrons. The highest BCUT2D eigenvalue weighted by Crippen LogP contribution is 2.38. The fourth-order valence-electron chi connectivity index (χ4n) is 3.44. The third-order valence-electron chi connectivity index (χ3n) is 5.17. The summed E-state index contributed by atoms with van der Waals surface area (Å²) in [6, 6.07) is 16.0. The predicted molar refractivity (Wildman–Crippen MR) is 111 cm³/mol. The fourth-order valence-corrected chi connectivity index (χ4v) is 3.44. The molecule has 2 aromatic carbocycles. The second-order valence-electron chi connectivity index (χ2n) is 7.18. The third-order valence-corrected chi connectivity index (χ3v) is 5.17. The Morgan fingerprint density at radius 1 is 1.10 bits per heavy atom. The van der Waals surface area contributed by atoms with E-state index in [-0.39, 0.29) is 5.97 Å². The zero-order valence-electron chi connectivity index (χ0n) is 17.3. The molecule has 0 radical (unpaired) electrons. The molecule has 0 saturated carbocycles. The van der Waals surface area contributed by atoms with Gasteiger partial charge in [-0.1, -0.05) is 43.3 Å². The van der Waals surface area contributed by atoms with Gasteiger partial charge in [-0.15, -0.1) is 0 Å². The van der Waals surface area contributed by atoms with E-state index in [0.717, 1.165) is 24.2 Å². The van der Waals surface area contributed by atoms with Crippen LogP contribution < -0.4 is 9.47 Å². The summed E-state index contributed by atoms with van der Waals surface area (Å²) in [7, 11) is 0. The van der Waals surface area contributed by atoms with E-state index in [2.05, 4.69) is 12.1 Å². The zero-order valence-corrected chi connectivity index (χ0v) is 17.3. The maximum absolute atomic E-state index is 12.4. The van der Waals surface area contributed by atoms with Crippen LogP contribution in [0.5, 0.6) is 11.5 Å². The number of ether oxygens (including phenoxy) is 4. The molecule has 0 fully saturated rings. The molecule has 1 aliphatic heterocycles. The van der Waals surface area contributed by atoms with Gasteiger partial charge in [0.15, 0.2) is 0 Å². The summed E-state index contributed by atoms with van der Waals surface area (Å²) in [6.07, 6.45) is 2.80. The zero-order chi connectivity index (χ0) is 20.5. The van der Waals surface area contributed by atoms with E-state index in [1.54, 1.807) is 0 Å². The number of carbonyl (C=O) groups excluding carboxylic acids is 1. The van der Waals surface area contributed by atoms with E-state index < -0.39 is 5.60 Å². The van der Waals surface area contributed by atoms with Crippen LogP contribution in [0.3, 0.4) is 0 Å². The quantitative estimate of drug-likeness (QED) is 0.429. The summed E-state index contributed by atoms with van der Waals surface area (Å²) in [5.74, 6) is 1.17.